The fourth-order valence-electron chi connectivity index (χ4n) is 2.55. The molecule has 0 atom stereocenters. The molecule has 3 rings (SSSR count). The number of fused-ring (bicyclic) bond motifs is 1. The number of hydrogen-bond donors (Lipinski definition) is 0. The summed E-state index contributed by atoms with van der Waals surface area (Å²) in [5, 5.41) is 10.7. The van der Waals surface area contributed by atoms with Crippen molar-refractivity contribution in [1.29, 1.82) is 0 Å². The molecule has 0 aromatic heterocycles. The number of rotatable bonds is 2. The Balaban J connectivity index is 2.06. The van der Waals surface area contributed by atoms with Crippen LogP contribution < -0.4 is 4.90 Å². The van der Waals surface area contributed by atoms with E-state index in [1.165, 1.54) is 24.0 Å². The third kappa shape index (κ3) is 2.50. The lowest BCUT2D eigenvalue weighted by Gasteiger charge is -2.15. The van der Waals surface area contributed by atoms with E-state index in [-0.39, 0.29) is 23.1 Å². The van der Waals surface area contributed by atoms with E-state index in [4.69, 9.17) is 0 Å². The van der Waals surface area contributed by atoms with Gasteiger partial charge >= 0.3 is 0 Å². The van der Waals surface area contributed by atoms with Gasteiger partial charge in [0.05, 0.1) is 16.3 Å². The quantitative estimate of drug-likeness (QED) is 0.485. The molecule has 2 aromatic rings. The molecule has 1 amide bonds. The Morgan fingerprint density at radius 3 is 2.39 bits per heavy atom. The number of carbonyl (C=O) groups is 2. The molecule has 2 aromatic carbocycles. The SMILES string of the molecule is CC(=O)N1/C(=C\c2ccc([N+](=O)[O-])cc2)C(=O)c2ccccc21. The van der Waals surface area contributed by atoms with E-state index in [0.29, 0.717) is 16.8 Å². The Hall–Kier alpha value is -3.28. The standard InChI is InChI=1S/C17H12N2O4/c1-11(20)18-15-5-3-2-4-14(15)17(21)16(18)10-12-6-8-13(9-7-12)19(22)23/h2-10H,1H3/b16-10-. The Morgan fingerprint density at radius 2 is 1.78 bits per heavy atom. The second-order valence-corrected chi connectivity index (χ2v) is 5.08. The Bertz CT molecular complexity index is 853. The molecule has 0 saturated heterocycles. The first-order valence-corrected chi connectivity index (χ1v) is 6.89. The van der Waals surface area contributed by atoms with Gasteiger partial charge in [0.15, 0.2) is 0 Å². The van der Waals surface area contributed by atoms with Gasteiger partial charge in [0.2, 0.25) is 11.7 Å². The lowest BCUT2D eigenvalue weighted by atomic mass is 10.1. The zero-order valence-corrected chi connectivity index (χ0v) is 12.2. The summed E-state index contributed by atoms with van der Waals surface area (Å²) in [6.07, 6.45) is 1.56. The number of benzene rings is 2. The summed E-state index contributed by atoms with van der Waals surface area (Å²) in [4.78, 5) is 36.0. The van der Waals surface area contributed by atoms with Gasteiger partial charge in [-0.25, -0.2) is 0 Å². The number of ketones is 1. The molecule has 1 aliphatic heterocycles. The van der Waals surface area contributed by atoms with Crippen LogP contribution in [0.15, 0.2) is 54.2 Å². The number of carbonyl (C=O) groups excluding carboxylic acids is 2. The average molecular weight is 308 g/mol. The maximum absolute atomic E-state index is 12.5. The summed E-state index contributed by atoms with van der Waals surface area (Å²) in [7, 11) is 0. The van der Waals surface area contributed by atoms with E-state index in [1.807, 2.05) is 0 Å². The number of allylic oxidation sites excluding steroid dienone is 1. The highest BCUT2D eigenvalue weighted by Crippen LogP contribution is 2.35. The van der Waals surface area contributed by atoms with E-state index >= 15 is 0 Å². The van der Waals surface area contributed by atoms with Gasteiger partial charge in [-0.15, -0.1) is 0 Å². The van der Waals surface area contributed by atoms with Crippen molar-refractivity contribution in [2.45, 2.75) is 6.92 Å². The molecule has 0 N–H and O–H groups in total. The minimum atomic E-state index is -0.491. The van der Waals surface area contributed by atoms with Crippen LogP contribution in [0.5, 0.6) is 0 Å². The molecule has 6 nitrogen and oxygen atoms in total. The summed E-state index contributed by atoms with van der Waals surface area (Å²) in [6, 6.07) is 12.7. The summed E-state index contributed by atoms with van der Waals surface area (Å²) < 4.78 is 0. The Morgan fingerprint density at radius 1 is 1.13 bits per heavy atom. The third-order valence-electron chi connectivity index (χ3n) is 3.59. The van der Waals surface area contributed by atoms with E-state index in [9.17, 15) is 19.7 Å². The van der Waals surface area contributed by atoms with Gasteiger partial charge in [-0.05, 0) is 35.9 Å². The van der Waals surface area contributed by atoms with E-state index < -0.39 is 4.92 Å². The first-order valence-electron chi connectivity index (χ1n) is 6.89. The van der Waals surface area contributed by atoms with Crippen molar-refractivity contribution in [3.63, 3.8) is 0 Å². The van der Waals surface area contributed by atoms with Crippen molar-refractivity contribution in [3.05, 3.63) is 75.5 Å². The number of nitro groups is 1. The van der Waals surface area contributed by atoms with Gasteiger partial charge in [-0.2, -0.15) is 0 Å². The van der Waals surface area contributed by atoms with Crippen LogP contribution in [0.4, 0.5) is 11.4 Å². The Labute approximate surface area is 131 Å². The highest BCUT2D eigenvalue weighted by Gasteiger charge is 2.34. The van der Waals surface area contributed by atoms with Crippen molar-refractivity contribution in [3.8, 4) is 0 Å². The molecule has 23 heavy (non-hydrogen) atoms. The van der Waals surface area contributed by atoms with Crippen LogP contribution in [0.3, 0.4) is 0 Å². The van der Waals surface area contributed by atoms with Crippen LogP contribution in [-0.4, -0.2) is 16.6 Å². The number of non-ortho nitro benzene ring substituents is 1. The maximum Gasteiger partial charge on any atom is 0.269 e. The number of anilines is 1. The monoisotopic (exact) mass is 308 g/mol. The van der Waals surface area contributed by atoms with Gasteiger partial charge in [0.1, 0.15) is 0 Å². The van der Waals surface area contributed by atoms with E-state index in [1.54, 1.807) is 42.5 Å². The molecule has 0 saturated carbocycles. The van der Waals surface area contributed by atoms with Gasteiger partial charge < -0.3 is 0 Å². The topological polar surface area (TPSA) is 80.5 Å². The van der Waals surface area contributed by atoms with Crippen LogP contribution in [0.2, 0.25) is 0 Å². The number of nitro benzene ring substituents is 1. The van der Waals surface area contributed by atoms with Crippen molar-refractivity contribution < 1.29 is 14.5 Å². The average Bonchev–Trinajstić information content (AvgIpc) is 2.81. The molecule has 6 heteroatoms. The predicted molar refractivity (Wildman–Crippen MR) is 85.0 cm³/mol. The zero-order chi connectivity index (χ0) is 16.6. The molecule has 0 aliphatic carbocycles. The van der Waals surface area contributed by atoms with Crippen LogP contribution in [0.1, 0.15) is 22.8 Å². The fourth-order valence-corrected chi connectivity index (χ4v) is 2.55. The number of amides is 1. The summed E-state index contributed by atoms with van der Waals surface area (Å²) in [5.74, 6) is -0.509. The van der Waals surface area contributed by atoms with E-state index in [2.05, 4.69) is 0 Å². The number of Topliss-reactive ketones (excluding diaryl/α,β-unsaturated/α-hetero) is 1. The highest BCUT2D eigenvalue weighted by molar-refractivity contribution is 6.26. The fraction of sp³-hybridized carbons (Fsp3) is 0.0588. The molecular formula is C17H12N2O4. The van der Waals surface area contributed by atoms with Gasteiger partial charge in [0.25, 0.3) is 5.69 Å². The highest BCUT2D eigenvalue weighted by atomic mass is 16.6. The molecule has 0 unspecified atom stereocenters. The first kappa shape index (κ1) is 14.6. The predicted octanol–water partition coefficient (Wildman–Crippen LogP) is 3.19. The third-order valence-corrected chi connectivity index (χ3v) is 3.59. The van der Waals surface area contributed by atoms with Crippen LogP contribution in [-0.2, 0) is 4.79 Å². The van der Waals surface area contributed by atoms with Crippen molar-refractivity contribution in [1.82, 2.24) is 0 Å². The lowest BCUT2D eigenvalue weighted by molar-refractivity contribution is -0.384. The summed E-state index contributed by atoms with van der Waals surface area (Å²) in [5.41, 5.74) is 1.84. The largest absolute Gasteiger partial charge is 0.287 e. The number of para-hydroxylation sites is 1. The van der Waals surface area contributed by atoms with E-state index in [0.717, 1.165) is 0 Å². The van der Waals surface area contributed by atoms with Crippen LogP contribution >= 0.6 is 0 Å². The van der Waals surface area contributed by atoms with Gasteiger partial charge in [-0.1, -0.05) is 12.1 Å². The molecule has 0 bridgehead atoms. The summed E-state index contributed by atoms with van der Waals surface area (Å²) >= 11 is 0. The summed E-state index contributed by atoms with van der Waals surface area (Å²) in [6.45, 7) is 1.39. The molecule has 0 radical (unpaired) electrons. The molecule has 0 fully saturated rings. The van der Waals surface area contributed by atoms with Crippen LogP contribution in [0, 0.1) is 10.1 Å². The minimum Gasteiger partial charge on any atom is -0.287 e. The van der Waals surface area contributed by atoms with Crippen molar-refractivity contribution in [2.75, 3.05) is 4.90 Å². The zero-order valence-electron chi connectivity index (χ0n) is 12.2. The van der Waals surface area contributed by atoms with Gasteiger partial charge in [-0.3, -0.25) is 24.6 Å². The molecule has 0 spiro atoms. The molecular weight excluding hydrogens is 296 g/mol. The molecule has 1 aliphatic rings. The molecule has 1 heterocycles. The van der Waals surface area contributed by atoms with Crippen molar-refractivity contribution in [2.24, 2.45) is 0 Å². The van der Waals surface area contributed by atoms with Crippen LogP contribution in [0.25, 0.3) is 6.08 Å². The van der Waals surface area contributed by atoms with Crippen molar-refractivity contribution >= 4 is 29.1 Å². The minimum absolute atomic E-state index is 0.0309. The second kappa shape index (κ2) is 5.49. The maximum atomic E-state index is 12.5. The normalized spacial score (nSPS) is 14.9. The number of hydrogen-bond acceptors (Lipinski definition) is 4. The Kier molecular flexibility index (Phi) is 3.50. The first-order chi connectivity index (χ1) is 11.0. The molecule has 114 valence electrons. The number of nitrogens with zero attached hydrogens (tertiary/aromatic N) is 2. The smallest absolute Gasteiger partial charge is 0.269 e. The van der Waals surface area contributed by atoms with Gasteiger partial charge in [0, 0.05) is 24.6 Å². The second-order valence-electron chi connectivity index (χ2n) is 5.08. The lowest BCUT2D eigenvalue weighted by Crippen LogP contribution is -2.25.